The van der Waals surface area contributed by atoms with Gasteiger partial charge in [0.1, 0.15) is 0 Å². The van der Waals surface area contributed by atoms with Crippen molar-refractivity contribution >= 4 is 11.8 Å². The van der Waals surface area contributed by atoms with Crippen molar-refractivity contribution in [2.45, 2.75) is 76.4 Å². The zero-order valence-corrected chi connectivity index (χ0v) is 14.0. The number of likely N-dealkylation sites (tertiary alicyclic amines) is 1. The van der Waals surface area contributed by atoms with Crippen LogP contribution in [0.1, 0.15) is 64.2 Å². The average Bonchev–Trinajstić information content (AvgIpc) is 3.11. The van der Waals surface area contributed by atoms with E-state index in [-0.39, 0.29) is 35.8 Å². The summed E-state index contributed by atoms with van der Waals surface area (Å²) in [6.45, 7) is 1.73. The normalized spacial score (nSPS) is 35.1. The Hall–Kier alpha value is -1.10. The Balaban J connectivity index is 1.58. The molecule has 5 heteroatoms. The molecule has 2 amide bonds. The molecule has 2 aliphatic carbocycles. The molecule has 0 radical (unpaired) electrons. The summed E-state index contributed by atoms with van der Waals surface area (Å²) in [6, 6.07) is 0.176. The van der Waals surface area contributed by atoms with E-state index in [2.05, 4.69) is 5.32 Å². The first-order chi connectivity index (χ1) is 11.1. The van der Waals surface area contributed by atoms with E-state index < -0.39 is 0 Å². The van der Waals surface area contributed by atoms with Crippen molar-refractivity contribution in [1.82, 2.24) is 10.2 Å². The van der Waals surface area contributed by atoms with Gasteiger partial charge < -0.3 is 15.3 Å². The van der Waals surface area contributed by atoms with E-state index in [9.17, 15) is 14.7 Å². The van der Waals surface area contributed by atoms with Crippen molar-refractivity contribution in [3.8, 4) is 0 Å². The number of amides is 2. The van der Waals surface area contributed by atoms with Crippen LogP contribution in [0.2, 0.25) is 0 Å². The third-order valence-corrected chi connectivity index (χ3v) is 5.88. The van der Waals surface area contributed by atoms with Crippen molar-refractivity contribution in [3.63, 3.8) is 0 Å². The van der Waals surface area contributed by atoms with Crippen LogP contribution in [0.5, 0.6) is 0 Å². The molecule has 2 saturated carbocycles. The molecule has 3 aliphatic rings. The number of carbonyl (C=O) groups excluding carboxylic acids is 2. The van der Waals surface area contributed by atoms with E-state index in [0.717, 1.165) is 77.3 Å². The number of aliphatic hydroxyl groups is 1. The maximum Gasteiger partial charge on any atom is 0.226 e. The second-order valence-electron chi connectivity index (χ2n) is 7.54. The van der Waals surface area contributed by atoms with Gasteiger partial charge in [-0.05, 0) is 51.4 Å². The van der Waals surface area contributed by atoms with Crippen molar-refractivity contribution in [3.05, 3.63) is 0 Å². The van der Waals surface area contributed by atoms with Gasteiger partial charge in [-0.15, -0.1) is 0 Å². The summed E-state index contributed by atoms with van der Waals surface area (Å²) in [4.78, 5) is 27.5. The van der Waals surface area contributed by atoms with Gasteiger partial charge in [0, 0.05) is 31.0 Å². The van der Waals surface area contributed by atoms with E-state index in [1.54, 1.807) is 0 Å². The maximum atomic E-state index is 12.8. The smallest absolute Gasteiger partial charge is 0.226 e. The fourth-order valence-electron chi connectivity index (χ4n) is 4.44. The van der Waals surface area contributed by atoms with E-state index in [1.807, 2.05) is 4.90 Å². The predicted octanol–water partition coefficient (Wildman–Crippen LogP) is 1.83. The molecule has 1 saturated heterocycles. The van der Waals surface area contributed by atoms with Crippen LogP contribution in [0.25, 0.3) is 0 Å². The topological polar surface area (TPSA) is 69.6 Å². The standard InChI is InChI=1S/C18H30N2O3/c21-14-9-7-13(8-10-14)19-17(22)15-5-1-2-6-16(15)18(23)20-11-3-4-12-20/h13-16,21H,1-12H2,(H,19,22)/t13?,14?,15-,16-/m0/s1. The molecule has 1 heterocycles. The van der Waals surface area contributed by atoms with E-state index in [4.69, 9.17) is 0 Å². The summed E-state index contributed by atoms with van der Waals surface area (Å²) in [6.07, 6.45) is 9.03. The summed E-state index contributed by atoms with van der Waals surface area (Å²) in [5.41, 5.74) is 0. The fourth-order valence-corrected chi connectivity index (χ4v) is 4.44. The first-order valence-corrected chi connectivity index (χ1v) is 9.42. The summed E-state index contributed by atoms with van der Waals surface area (Å²) >= 11 is 0. The van der Waals surface area contributed by atoms with Crippen LogP contribution in [0, 0.1) is 11.8 Å². The SMILES string of the molecule is O=C(NC1CCC(O)CC1)[C@H]1CCCC[C@@H]1C(=O)N1CCCC1. The van der Waals surface area contributed by atoms with Crippen molar-refractivity contribution < 1.29 is 14.7 Å². The highest BCUT2D eigenvalue weighted by molar-refractivity contribution is 5.88. The van der Waals surface area contributed by atoms with Gasteiger partial charge in [0.05, 0.1) is 6.10 Å². The molecular weight excluding hydrogens is 292 g/mol. The molecule has 23 heavy (non-hydrogen) atoms. The van der Waals surface area contributed by atoms with Gasteiger partial charge >= 0.3 is 0 Å². The minimum Gasteiger partial charge on any atom is -0.393 e. The molecule has 0 aromatic heterocycles. The summed E-state index contributed by atoms with van der Waals surface area (Å²) in [5.74, 6) is 0.0183. The quantitative estimate of drug-likeness (QED) is 0.833. The van der Waals surface area contributed by atoms with Crippen molar-refractivity contribution in [1.29, 1.82) is 0 Å². The molecule has 130 valence electrons. The summed E-state index contributed by atoms with van der Waals surface area (Å²) in [5, 5.41) is 12.7. The summed E-state index contributed by atoms with van der Waals surface area (Å²) < 4.78 is 0. The lowest BCUT2D eigenvalue weighted by Gasteiger charge is -2.34. The largest absolute Gasteiger partial charge is 0.393 e. The van der Waals surface area contributed by atoms with Gasteiger partial charge in [0.25, 0.3) is 0 Å². The molecule has 3 fully saturated rings. The predicted molar refractivity (Wildman–Crippen MR) is 87.7 cm³/mol. The molecule has 3 rings (SSSR count). The Morgan fingerprint density at radius 3 is 2.09 bits per heavy atom. The Morgan fingerprint density at radius 2 is 1.43 bits per heavy atom. The van der Waals surface area contributed by atoms with E-state index in [0.29, 0.717) is 0 Å². The van der Waals surface area contributed by atoms with Crippen molar-refractivity contribution in [2.24, 2.45) is 11.8 Å². The molecule has 0 aromatic rings. The fraction of sp³-hybridized carbons (Fsp3) is 0.889. The highest BCUT2D eigenvalue weighted by atomic mass is 16.3. The number of hydrogen-bond donors (Lipinski definition) is 2. The van der Waals surface area contributed by atoms with Gasteiger partial charge in [-0.2, -0.15) is 0 Å². The maximum absolute atomic E-state index is 12.8. The highest BCUT2D eigenvalue weighted by Crippen LogP contribution is 2.33. The molecule has 2 atom stereocenters. The zero-order valence-electron chi connectivity index (χ0n) is 14.0. The van der Waals surface area contributed by atoms with Crippen LogP contribution in [0.15, 0.2) is 0 Å². The van der Waals surface area contributed by atoms with Crippen molar-refractivity contribution in [2.75, 3.05) is 13.1 Å². The second-order valence-corrected chi connectivity index (χ2v) is 7.54. The number of rotatable bonds is 3. The molecule has 1 aliphatic heterocycles. The van der Waals surface area contributed by atoms with Crippen LogP contribution < -0.4 is 5.32 Å². The third-order valence-electron chi connectivity index (χ3n) is 5.88. The minimum absolute atomic E-state index is 0.0728. The lowest BCUT2D eigenvalue weighted by molar-refractivity contribution is -0.143. The Kier molecular flexibility index (Phi) is 5.57. The number of aliphatic hydroxyl groups excluding tert-OH is 1. The molecule has 2 N–H and O–H groups in total. The lowest BCUT2D eigenvalue weighted by atomic mass is 9.77. The Morgan fingerprint density at radius 1 is 0.826 bits per heavy atom. The molecular formula is C18H30N2O3. The number of nitrogens with one attached hydrogen (secondary N) is 1. The first kappa shape index (κ1) is 16.7. The molecule has 0 aromatic carbocycles. The Labute approximate surface area is 138 Å². The van der Waals surface area contributed by atoms with Gasteiger partial charge in [-0.25, -0.2) is 0 Å². The number of nitrogens with zero attached hydrogens (tertiary/aromatic N) is 1. The van der Waals surface area contributed by atoms with E-state index in [1.165, 1.54) is 0 Å². The van der Waals surface area contributed by atoms with Gasteiger partial charge in [-0.1, -0.05) is 12.8 Å². The van der Waals surface area contributed by atoms with Gasteiger partial charge in [0.15, 0.2) is 0 Å². The average molecular weight is 322 g/mol. The van der Waals surface area contributed by atoms with Crippen LogP contribution in [0.3, 0.4) is 0 Å². The minimum atomic E-state index is -0.206. The number of hydrogen-bond acceptors (Lipinski definition) is 3. The number of carbonyl (C=O) groups is 2. The summed E-state index contributed by atoms with van der Waals surface area (Å²) in [7, 11) is 0. The van der Waals surface area contributed by atoms with Gasteiger partial charge in [0.2, 0.25) is 11.8 Å². The lowest BCUT2D eigenvalue weighted by Crippen LogP contribution is -2.47. The van der Waals surface area contributed by atoms with Crippen LogP contribution in [0.4, 0.5) is 0 Å². The third kappa shape index (κ3) is 4.06. The molecule has 5 nitrogen and oxygen atoms in total. The molecule has 0 spiro atoms. The molecule has 0 bridgehead atoms. The van der Waals surface area contributed by atoms with Crippen LogP contribution in [-0.4, -0.2) is 47.1 Å². The Bertz CT molecular complexity index is 426. The second kappa shape index (κ2) is 7.65. The van der Waals surface area contributed by atoms with Gasteiger partial charge in [-0.3, -0.25) is 9.59 Å². The van der Waals surface area contributed by atoms with Crippen LogP contribution in [-0.2, 0) is 9.59 Å². The first-order valence-electron chi connectivity index (χ1n) is 9.42. The van der Waals surface area contributed by atoms with E-state index >= 15 is 0 Å². The monoisotopic (exact) mass is 322 g/mol. The molecule has 0 unspecified atom stereocenters. The van der Waals surface area contributed by atoms with Crippen LogP contribution >= 0.6 is 0 Å². The highest BCUT2D eigenvalue weighted by Gasteiger charge is 2.39. The zero-order chi connectivity index (χ0) is 16.2.